The lowest BCUT2D eigenvalue weighted by Gasteiger charge is -2.32. The van der Waals surface area contributed by atoms with Crippen LogP contribution in [0.15, 0.2) is 36.9 Å². The van der Waals surface area contributed by atoms with Gasteiger partial charge in [0.15, 0.2) is 0 Å². The average Bonchev–Trinajstić information content (AvgIpc) is 3.21. The third kappa shape index (κ3) is 3.76. The number of carboxylic acids is 1. The van der Waals surface area contributed by atoms with Gasteiger partial charge < -0.3 is 10.0 Å². The van der Waals surface area contributed by atoms with Gasteiger partial charge in [0, 0.05) is 13.0 Å². The Kier molecular flexibility index (Phi) is 5.35. The van der Waals surface area contributed by atoms with Gasteiger partial charge >= 0.3 is 5.97 Å². The van der Waals surface area contributed by atoms with Crippen LogP contribution in [-0.2, 0) is 9.59 Å². The van der Waals surface area contributed by atoms with Crippen LogP contribution in [0.25, 0.3) is 5.69 Å². The Morgan fingerprint density at radius 1 is 1.15 bits per heavy atom. The maximum Gasteiger partial charge on any atom is 0.306 e. The number of carbonyl (C=O) groups excluding carboxylic acids is 1. The summed E-state index contributed by atoms with van der Waals surface area (Å²) in [6, 6.07) is 7.84. The molecule has 1 atom stereocenters. The highest BCUT2D eigenvalue weighted by molar-refractivity contribution is 5.79. The lowest BCUT2D eigenvalue weighted by Crippen LogP contribution is -2.37. The van der Waals surface area contributed by atoms with E-state index in [1.807, 2.05) is 38.2 Å². The summed E-state index contributed by atoms with van der Waals surface area (Å²) in [7, 11) is 1.82. The Morgan fingerprint density at radius 2 is 1.77 bits per heavy atom. The van der Waals surface area contributed by atoms with E-state index in [9.17, 15) is 9.59 Å². The van der Waals surface area contributed by atoms with Gasteiger partial charge in [-0.15, -0.1) is 0 Å². The van der Waals surface area contributed by atoms with E-state index in [-0.39, 0.29) is 23.8 Å². The van der Waals surface area contributed by atoms with Crippen molar-refractivity contribution in [3.63, 3.8) is 0 Å². The Labute approximate surface area is 152 Å². The summed E-state index contributed by atoms with van der Waals surface area (Å²) < 4.78 is 1.68. The molecule has 0 bridgehead atoms. The van der Waals surface area contributed by atoms with Gasteiger partial charge in [-0.1, -0.05) is 12.1 Å². The van der Waals surface area contributed by atoms with Gasteiger partial charge in [0.05, 0.1) is 17.6 Å². The minimum atomic E-state index is -0.745. The van der Waals surface area contributed by atoms with Crippen LogP contribution in [0.4, 0.5) is 0 Å². The molecule has 26 heavy (non-hydrogen) atoms. The van der Waals surface area contributed by atoms with Crippen LogP contribution in [0.3, 0.4) is 0 Å². The number of rotatable bonds is 5. The van der Waals surface area contributed by atoms with E-state index >= 15 is 0 Å². The van der Waals surface area contributed by atoms with Crippen LogP contribution in [0.2, 0.25) is 0 Å². The average molecular weight is 356 g/mol. The molecule has 2 aromatic rings. The summed E-state index contributed by atoms with van der Waals surface area (Å²) in [6.07, 6.45) is 5.60. The van der Waals surface area contributed by atoms with Crippen LogP contribution >= 0.6 is 0 Å². The first-order chi connectivity index (χ1) is 12.5. The number of benzene rings is 1. The second kappa shape index (κ2) is 7.68. The van der Waals surface area contributed by atoms with Gasteiger partial charge in [0.2, 0.25) is 5.91 Å². The summed E-state index contributed by atoms with van der Waals surface area (Å²) in [5, 5.41) is 13.2. The molecule has 7 nitrogen and oxygen atoms in total. The normalized spacial score (nSPS) is 21.2. The van der Waals surface area contributed by atoms with Crippen molar-refractivity contribution < 1.29 is 14.7 Å². The zero-order chi connectivity index (χ0) is 18.7. The molecule has 1 unspecified atom stereocenters. The highest BCUT2D eigenvalue weighted by Gasteiger charge is 2.32. The van der Waals surface area contributed by atoms with Crippen molar-refractivity contribution in [3.8, 4) is 5.69 Å². The smallest absolute Gasteiger partial charge is 0.306 e. The van der Waals surface area contributed by atoms with Gasteiger partial charge in [-0.3, -0.25) is 9.59 Å². The van der Waals surface area contributed by atoms with E-state index in [0.717, 1.165) is 11.3 Å². The summed E-state index contributed by atoms with van der Waals surface area (Å²) in [6.45, 7) is 2.01. The summed E-state index contributed by atoms with van der Waals surface area (Å²) in [4.78, 5) is 29.6. The first kappa shape index (κ1) is 18.1. The maximum absolute atomic E-state index is 12.8. The molecule has 1 aliphatic rings. The maximum atomic E-state index is 12.8. The zero-order valence-corrected chi connectivity index (χ0v) is 15.1. The molecule has 0 radical (unpaired) electrons. The van der Waals surface area contributed by atoms with Crippen LogP contribution in [-0.4, -0.2) is 43.7 Å². The van der Waals surface area contributed by atoms with Crippen molar-refractivity contribution in [1.29, 1.82) is 0 Å². The molecule has 1 saturated carbocycles. The molecule has 1 fully saturated rings. The van der Waals surface area contributed by atoms with Gasteiger partial charge in [-0.2, -0.15) is 5.10 Å². The SMILES string of the molecule is CC(c1ccc(-n2cncn2)cc1)N(C)C(=O)C1CCC(C(=O)O)CC1. The quantitative estimate of drug-likeness (QED) is 0.890. The first-order valence-electron chi connectivity index (χ1n) is 8.92. The number of aliphatic carboxylic acids is 1. The standard InChI is InChI=1S/C19H24N4O3/c1-13(14-7-9-17(10-8-14)23-12-20-11-21-23)22(2)18(24)15-3-5-16(6-4-15)19(25)26/h7-13,15-16H,3-6H2,1-2H3,(H,25,26). The van der Waals surface area contributed by atoms with Crippen molar-refractivity contribution in [1.82, 2.24) is 19.7 Å². The van der Waals surface area contributed by atoms with Gasteiger partial charge in [-0.05, 0) is 50.3 Å². The molecular formula is C19H24N4O3. The van der Waals surface area contributed by atoms with E-state index in [0.29, 0.717) is 25.7 Å². The molecule has 1 aromatic heterocycles. The van der Waals surface area contributed by atoms with Gasteiger partial charge in [-0.25, -0.2) is 9.67 Å². The summed E-state index contributed by atoms with van der Waals surface area (Å²) in [5.41, 5.74) is 1.96. The Hall–Kier alpha value is -2.70. The first-order valence-corrected chi connectivity index (χ1v) is 8.92. The molecule has 138 valence electrons. The lowest BCUT2D eigenvalue weighted by molar-refractivity contribution is -0.145. The minimum Gasteiger partial charge on any atom is -0.481 e. The summed E-state index contributed by atoms with van der Waals surface area (Å²) in [5.74, 6) is -1.02. The molecule has 7 heteroatoms. The molecule has 0 saturated heterocycles. The van der Waals surface area contributed by atoms with Gasteiger partial charge in [0.25, 0.3) is 0 Å². The van der Waals surface area contributed by atoms with Crippen molar-refractivity contribution in [3.05, 3.63) is 42.5 Å². The van der Waals surface area contributed by atoms with Crippen LogP contribution < -0.4 is 0 Å². The molecule has 1 aliphatic carbocycles. The molecule has 1 aromatic carbocycles. The van der Waals surface area contributed by atoms with Crippen molar-refractivity contribution >= 4 is 11.9 Å². The molecule has 1 N–H and O–H groups in total. The number of aromatic nitrogens is 3. The summed E-state index contributed by atoms with van der Waals surface area (Å²) >= 11 is 0. The molecule has 0 spiro atoms. The lowest BCUT2D eigenvalue weighted by atomic mass is 9.81. The van der Waals surface area contributed by atoms with E-state index in [1.165, 1.54) is 6.33 Å². The topological polar surface area (TPSA) is 88.3 Å². The number of carbonyl (C=O) groups is 2. The second-order valence-corrected chi connectivity index (χ2v) is 6.94. The highest BCUT2D eigenvalue weighted by atomic mass is 16.4. The Balaban J connectivity index is 1.63. The second-order valence-electron chi connectivity index (χ2n) is 6.94. The third-order valence-electron chi connectivity index (χ3n) is 5.41. The monoisotopic (exact) mass is 356 g/mol. The molecule has 3 rings (SSSR count). The van der Waals surface area contributed by atoms with Crippen molar-refractivity contribution in [2.24, 2.45) is 11.8 Å². The fourth-order valence-electron chi connectivity index (χ4n) is 3.54. The third-order valence-corrected chi connectivity index (χ3v) is 5.41. The number of amides is 1. The minimum absolute atomic E-state index is 0.0514. The van der Waals surface area contributed by atoms with Gasteiger partial charge in [0.1, 0.15) is 12.7 Å². The number of hydrogen-bond acceptors (Lipinski definition) is 4. The van der Waals surface area contributed by atoms with Crippen LogP contribution in [0.5, 0.6) is 0 Å². The predicted octanol–water partition coefficient (Wildman–Crippen LogP) is 2.68. The van der Waals surface area contributed by atoms with E-state index in [1.54, 1.807) is 15.9 Å². The largest absolute Gasteiger partial charge is 0.481 e. The Bertz CT molecular complexity index is 750. The van der Waals surface area contributed by atoms with E-state index in [2.05, 4.69) is 10.1 Å². The van der Waals surface area contributed by atoms with E-state index < -0.39 is 5.97 Å². The highest BCUT2D eigenvalue weighted by Crippen LogP contribution is 2.32. The number of hydrogen-bond donors (Lipinski definition) is 1. The zero-order valence-electron chi connectivity index (χ0n) is 15.1. The van der Waals surface area contributed by atoms with Crippen molar-refractivity contribution in [2.45, 2.75) is 38.6 Å². The van der Waals surface area contributed by atoms with Crippen LogP contribution in [0, 0.1) is 11.8 Å². The molecule has 0 aliphatic heterocycles. The number of nitrogens with zero attached hydrogens (tertiary/aromatic N) is 4. The van der Waals surface area contributed by atoms with Crippen LogP contribution in [0.1, 0.15) is 44.2 Å². The Morgan fingerprint density at radius 3 is 2.31 bits per heavy atom. The molecule has 1 heterocycles. The fraction of sp³-hybridized carbons (Fsp3) is 0.474. The fourth-order valence-corrected chi connectivity index (χ4v) is 3.54. The molecular weight excluding hydrogens is 332 g/mol. The van der Waals surface area contributed by atoms with E-state index in [4.69, 9.17) is 5.11 Å². The molecule has 1 amide bonds. The number of carboxylic acid groups (broad SMARTS) is 1. The van der Waals surface area contributed by atoms with Crippen molar-refractivity contribution in [2.75, 3.05) is 7.05 Å². The predicted molar refractivity (Wildman–Crippen MR) is 95.6 cm³/mol.